The van der Waals surface area contributed by atoms with Gasteiger partial charge in [-0.3, -0.25) is 24.6 Å². The number of ketones is 1. The molecule has 34 heavy (non-hydrogen) atoms. The maximum absolute atomic E-state index is 13.3. The van der Waals surface area contributed by atoms with Crippen molar-refractivity contribution in [3.05, 3.63) is 81.9 Å². The summed E-state index contributed by atoms with van der Waals surface area (Å²) in [5.74, 6) is 0.0685. The normalized spacial score (nSPS) is 18.4. The van der Waals surface area contributed by atoms with Crippen molar-refractivity contribution in [2.24, 2.45) is 5.92 Å². The quantitative estimate of drug-likeness (QED) is 0.308. The van der Waals surface area contributed by atoms with Crippen LogP contribution in [0, 0.1) is 16.0 Å². The summed E-state index contributed by atoms with van der Waals surface area (Å²) in [6.07, 6.45) is 7.59. The number of likely N-dealkylation sites (tertiary alicyclic amines) is 1. The lowest BCUT2D eigenvalue weighted by atomic mass is 9.95. The number of benzene rings is 2. The topological polar surface area (TPSA) is 92.6 Å². The Labute approximate surface area is 201 Å². The lowest BCUT2D eigenvalue weighted by Crippen LogP contribution is -2.53. The third-order valence-electron chi connectivity index (χ3n) is 6.52. The van der Waals surface area contributed by atoms with Crippen LogP contribution in [0.1, 0.15) is 55.5 Å². The minimum Gasteiger partial charge on any atom is -0.348 e. The average Bonchev–Trinajstić information content (AvgIpc) is 2.86. The number of nitrogens with one attached hydrogen (secondary N) is 1. The number of non-ortho nitro benzene ring substituents is 1. The van der Waals surface area contributed by atoms with Gasteiger partial charge in [-0.25, -0.2) is 0 Å². The molecule has 0 radical (unpaired) electrons. The molecular formula is C27H33N3O4. The van der Waals surface area contributed by atoms with Crippen molar-refractivity contribution in [2.45, 2.75) is 51.6 Å². The second-order valence-electron chi connectivity index (χ2n) is 8.90. The minimum absolute atomic E-state index is 0.0496. The zero-order valence-electron chi connectivity index (χ0n) is 19.9. The molecule has 0 unspecified atom stereocenters. The van der Waals surface area contributed by atoms with Crippen LogP contribution >= 0.6 is 0 Å². The van der Waals surface area contributed by atoms with Crippen LogP contribution in [0.3, 0.4) is 0 Å². The fourth-order valence-electron chi connectivity index (χ4n) is 4.20. The maximum atomic E-state index is 13.3. The second-order valence-corrected chi connectivity index (χ2v) is 8.90. The molecule has 0 bridgehead atoms. The Morgan fingerprint density at radius 1 is 1.15 bits per heavy atom. The summed E-state index contributed by atoms with van der Waals surface area (Å²) < 4.78 is 0. The van der Waals surface area contributed by atoms with Gasteiger partial charge in [-0.1, -0.05) is 69.2 Å². The summed E-state index contributed by atoms with van der Waals surface area (Å²) in [6, 6.07) is 15.2. The minimum atomic E-state index is -0.487. The van der Waals surface area contributed by atoms with E-state index in [1.54, 1.807) is 0 Å². The van der Waals surface area contributed by atoms with E-state index in [-0.39, 0.29) is 41.9 Å². The van der Waals surface area contributed by atoms with E-state index in [2.05, 4.69) is 25.2 Å². The van der Waals surface area contributed by atoms with Gasteiger partial charge in [0.2, 0.25) is 5.91 Å². The first-order valence-corrected chi connectivity index (χ1v) is 11.9. The monoisotopic (exact) mass is 463 g/mol. The van der Waals surface area contributed by atoms with Crippen LogP contribution in [0.15, 0.2) is 60.7 Å². The van der Waals surface area contributed by atoms with Crippen molar-refractivity contribution in [1.82, 2.24) is 10.2 Å². The summed E-state index contributed by atoms with van der Waals surface area (Å²) in [5.41, 5.74) is 1.45. The van der Waals surface area contributed by atoms with Crippen molar-refractivity contribution in [3.8, 4) is 0 Å². The van der Waals surface area contributed by atoms with Gasteiger partial charge >= 0.3 is 0 Å². The van der Waals surface area contributed by atoms with Gasteiger partial charge in [0.1, 0.15) is 0 Å². The first-order valence-electron chi connectivity index (χ1n) is 11.9. The van der Waals surface area contributed by atoms with Crippen LogP contribution in [-0.2, 0) is 4.79 Å². The molecule has 2 aromatic carbocycles. The van der Waals surface area contributed by atoms with E-state index in [0.29, 0.717) is 18.5 Å². The molecule has 1 heterocycles. The van der Waals surface area contributed by atoms with Gasteiger partial charge in [-0.15, -0.1) is 0 Å². The summed E-state index contributed by atoms with van der Waals surface area (Å²) in [6.45, 7) is 5.02. The number of piperidine rings is 1. The maximum Gasteiger partial charge on any atom is 0.269 e. The molecule has 0 aromatic heterocycles. The Bertz CT molecular complexity index is 1000. The van der Waals surface area contributed by atoms with E-state index >= 15 is 0 Å². The van der Waals surface area contributed by atoms with Crippen molar-refractivity contribution in [2.75, 3.05) is 13.1 Å². The van der Waals surface area contributed by atoms with E-state index in [4.69, 9.17) is 0 Å². The molecule has 1 amide bonds. The molecule has 7 heteroatoms. The van der Waals surface area contributed by atoms with Gasteiger partial charge in [-0.2, -0.15) is 0 Å². The summed E-state index contributed by atoms with van der Waals surface area (Å²) in [5, 5.41) is 14.1. The number of hydrogen-bond acceptors (Lipinski definition) is 5. The first kappa shape index (κ1) is 25.3. The van der Waals surface area contributed by atoms with Crippen LogP contribution in [0.2, 0.25) is 0 Å². The summed E-state index contributed by atoms with van der Waals surface area (Å²) in [4.78, 5) is 38.5. The molecule has 7 nitrogen and oxygen atoms in total. The molecule has 0 spiro atoms. The Hall–Kier alpha value is -3.32. The molecule has 0 aliphatic carbocycles. The third-order valence-corrected chi connectivity index (χ3v) is 6.52. The number of nitro benzene ring substituents is 1. The van der Waals surface area contributed by atoms with Gasteiger partial charge < -0.3 is 5.32 Å². The molecule has 1 aliphatic rings. The van der Waals surface area contributed by atoms with Crippen LogP contribution in [0.25, 0.3) is 6.08 Å². The SMILES string of the molecule is CC[C@H](C)[C@@H](/C=C/c1ccccc1)NC(=O)[C@@H]1CCCCN1CC(=O)c1ccc([N+](=O)[O-])cc1. The molecular weight excluding hydrogens is 430 g/mol. The van der Waals surface area contributed by atoms with Gasteiger partial charge in [0.25, 0.3) is 5.69 Å². The molecule has 3 atom stereocenters. The Morgan fingerprint density at radius 3 is 2.50 bits per heavy atom. The van der Waals surface area contributed by atoms with Crippen molar-refractivity contribution in [3.63, 3.8) is 0 Å². The van der Waals surface area contributed by atoms with E-state index in [0.717, 1.165) is 24.8 Å². The Kier molecular flexibility index (Phi) is 9.10. The zero-order valence-corrected chi connectivity index (χ0v) is 19.9. The lowest BCUT2D eigenvalue weighted by molar-refractivity contribution is -0.384. The molecule has 3 rings (SSSR count). The number of carbonyl (C=O) groups excluding carboxylic acids is 2. The Balaban J connectivity index is 1.68. The van der Waals surface area contributed by atoms with E-state index < -0.39 is 4.92 Å². The van der Waals surface area contributed by atoms with E-state index in [1.807, 2.05) is 41.3 Å². The number of rotatable bonds is 10. The van der Waals surface area contributed by atoms with Crippen molar-refractivity contribution >= 4 is 23.5 Å². The number of carbonyl (C=O) groups is 2. The molecule has 1 fully saturated rings. The van der Waals surface area contributed by atoms with Gasteiger partial charge in [0, 0.05) is 17.7 Å². The van der Waals surface area contributed by atoms with Gasteiger partial charge in [-0.05, 0) is 43.0 Å². The molecule has 2 aromatic rings. The molecule has 1 aliphatic heterocycles. The molecule has 0 saturated carbocycles. The van der Waals surface area contributed by atoms with Crippen LogP contribution in [-0.4, -0.2) is 46.7 Å². The van der Waals surface area contributed by atoms with Crippen molar-refractivity contribution in [1.29, 1.82) is 0 Å². The number of nitro groups is 1. The number of Topliss-reactive ketones (excluding diaryl/α,β-unsaturated/α-hetero) is 1. The second kappa shape index (κ2) is 12.2. The highest BCUT2D eigenvalue weighted by Gasteiger charge is 2.31. The molecule has 1 N–H and O–H groups in total. The number of nitrogens with zero attached hydrogens (tertiary/aromatic N) is 2. The lowest BCUT2D eigenvalue weighted by Gasteiger charge is -2.35. The van der Waals surface area contributed by atoms with Gasteiger partial charge in [0.05, 0.1) is 23.6 Å². The predicted molar refractivity (Wildman–Crippen MR) is 134 cm³/mol. The molecule has 180 valence electrons. The standard InChI is InChI=1S/C27H33N3O4/c1-3-20(2)24(17-12-21-9-5-4-6-10-21)28-27(32)25-11-7-8-18-29(25)19-26(31)22-13-15-23(16-14-22)30(33)34/h4-6,9-10,12-17,20,24-25H,3,7-8,11,18-19H2,1-2H3,(H,28,32)/b17-12+/t20-,24+,25-/m0/s1. The predicted octanol–water partition coefficient (Wildman–Crippen LogP) is 4.88. The van der Waals surface area contributed by atoms with Crippen LogP contribution < -0.4 is 5.32 Å². The fourth-order valence-corrected chi connectivity index (χ4v) is 4.20. The average molecular weight is 464 g/mol. The highest BCUT2D eigenvalue weighted by molar-refractivity contribution is 5.98. The highest BCUT2D eigenvalue weighted by atomic mass is 16.6. The number of amides is 1. The fraction of sp³-hybridized carbons (Fsp3) is 0.407. The zero-order chi connectivity index (χ0) is 24.5. The molecule has 1 saturated heterocycles. The van der Waals surface area contributed by atoms with E-state index in [1.165, 1.54) is 24.3 Å². The number of hydrogen-bond donors (Lipinski definition) is 1. The van der Waals surface area contributed by atoms with Gasteiger partial charge in [0.15, 0.2) is 5.78 Å². The summed E-state index contributed by atoms with van der Waals surface area (Å²) >= 11 is 0. The van der Waals surface area contributed by atoms with Crippen LogP contribution in [0.4, 0.5) is 5.69 Å². The van der Waals surface area contributed by atoms with E-state index in [9.17, 15) is 19.7 Å². The Morgan fingerprint density at radius 2 is 1.85 bits per heavy atom. The third kappa shape index (κ3) is 6.84. The van der Waals surface area contributed by atoms with Crippen LogP contribution in [0.5, 0.6) is 0 Å². The first-order chi connectivity index (χ1) is 16.4. The smallest absolute Gasteiger partial charge is 0.269 e. The highest BCUT2D eigenvalue weighted by Crippen LogP contribution is 2.20. The largest absolute Gasteiger partial charge is 0.348 e. The summed E-state index contributed by atoms with van der Waals surface area (Å²) in [7, 11) is 0. The van der Waals surface area contributed by atoms with Crippen molar-refractivity contribution < 1.29 is 14.5 Å².